The van der Waals surface area contributed by atoms with Crippen LogP contribution in [0.5, 0.6) is 0 Å². The summed E-state index contributed by atoms with van der Waals surface area (Å²) in [6.07, 6.45) is -2.73. The number of amides is 2. The van der Waals surface area contributed by atoms with E-state index in [0.717, 1.165) is 17.3 Å². The summed E-state index contributed by atoms with van der Waals surface area (Å²) in [7, 11) is 0. The molecule has 0 radical (unpaired) electrons. The Morgan fingerprint density at radius 2 is 1.71 bits per heavy atom. The molecule has 1 aliphatic heterocycles. The van der Waals surface area contributed by atoms with Crippen LogP contribution in [0.4, 0.5) is 23.7 Å². The Morgan fingerprint density at radius 1 is 1.04 bits per heavy atom. The second kappa shape index (κ2) is 6.99. The highest BCUT2D eigenvalue weighted by molar-refractivity contribution is 5.90. The van der Waals surface area contributed by atoms with Crippen molar-refractivity contribution in [2.75, 3.05) is 18.4 Å². The van der Waals surface area contributed by atoms with E-state index in [1.165, 1.54) is 23.1 Å². The summed E-state index contributed by atoms with van der Waals surface area (Å²) in [6.45, 7) is 0.690. The van der Waals surface area contributed by atoms with Crippen LogP contribution in [0.25, 0.3) is 11.3 Å². The molecule has 1 N–H and O–H groups in total. The molecule has 2 amide bonds. The van der Waals surface area contributed by atoms with Crippen LogP contribution in [0.15, 0.2) is 60.8 Å². The maximum absolute atomic E-state index is 13.0. The van der Waals surface area contributed by atoms with Gasteiger partial charge in [-0.15, -0.1) is 5.10 Å². The number of carbonyl (C=O) groups excluding carboxylic acids is 1. The molecule has 9 heteroatoms. The third kappa shape index (κ3) is 3.55. The van der Waals surface area contributed by atoms with Crippen LogP contribution >= 0.6 is 0 Å². The topological polar surface area (TPSA) is 63.1 Å². The van der Waals surface area contributed by atoms with Gasteiger partial charge in [-0.05, 0) is 12.1 Å². The summed E-state index contributed by atoms with van der Waals surface area (Å²) >= 11 is 0. The van der Waals surface area contributed by atoms with Crippen molar-refractivity contribution >= 4 is 11.7 Å². The molecule has 28 heavy (non-hydrogen) atoms. The fourth-order valence-electron chi connectivity index (χ4n) is 3.02. The summed E-state index contributed by atoms with van der Waals surface area (Å²) in [6, 6.07) is 13.8. The molecule has 144 valence electrons. The van der Waals surface area contributed by atoms with Crippen LogP contribution in [0, 0.1) is 0 Å². The zero-order valence-electron chi connectivity index (χ0n) is 14.6. The Labute approximate surface area is 158 Å². The maximum atomic E-state index is 13.0. The minimum absolute atomic E-state index is 0.0615. The average Bonchev–Trinajstić information content (AvgIpc) is 3.10. The molecule has 4 rings (SSSR count). The number of aromatic nitrogens is 3. The van der Waals surface area contributed by atoms with Crippen molar-refractivity contribution in [2.24, 2.45) is 0 Å². The van der Waals surface area contributed by atoms with Crippen molar-refractivity contribution in [2.45, 2.75) is 12.2 Å². The van der Waals surface area contributed by atoms with E-state index in [2.05, 4.69) is 15.6 Å². The molecule has 1 aliphatic rings. The first-order valence-electron chi connectivity index (χ1n) is 8.61. The lowest BCUT2D eigenvalue weighted by atomic mass is 10.1. The first kappa shape index (κ1) is 18.0. The molecule has 0 unspecified atom stereocenters. The fraction of sp³-hybridized carbons (Fsp3) is 0.211. The number of carbonyl (C=O) groups is 1. The van der Waals surface area contributed by atoms with Crippen LogP contribution < -0.4 is 5.32 Å². The number of urea groups is 1. The monoisotopic (exact) mass is 387 g/mol. The summed E-state index contributed by atoms with van der Waals surface area (Å²) < 4.78 is 40.8. The summed E-state index contributed by atoms with van der Waals surface area (Å²) in [5.41, 5.74) is 0.536. The molecule has 2 heterocycles. The van der Waals surface area contributed by atoms with E-state index in [9.17, 15) is 18.0 Å². The van der Waals surface area contributed by atoms with Gasteiger partial charge in [0, 0.05) is 18.7 Å². The third-order valence-electron chi connectivity index (χ3n) is 4.58. The number of anilines is 1. The Morgan fingerprint density at radius 3 is 2.43 bits per heavy atom. The normalized spacial score (nSPS) is 14.6. The average molecular weight is 387 g/mol. The van der Waals surface area contributed by atoms with E-state index < -0.39 is 17.8 Å². The molecule has 2 aromatic carbocycles. The molecule has 6 nitrogen and oxygen atoms in total. The second-order valence-electron chi connectivity index (χ2n) is 6.48. The van der Waals surface area contributed by atoms with Gasteiger partial charge in [-0.25, -0.2) is 9.48 Å². The summed E-state index contributed by atoms with van der Waals surface area (Å²) in [4.78, 5) is 13.7. The van der Waals surface area contributed by atoms with Gasteiger partial charge in [0.1, 0.15) is 5.69 Å². The number of hydrogen-bond donors (Lipinski definition) is 1. The molecule has 1 fully saturated rings. The van der Waals surface area contributed by atoms with Crippen molar-refractivity contribution < 1.29 is 18.0 Å². The van der Waals surface area contributed by atoms with E-state index in [-0.39, 0.29) is 11.7 Å². The van der Waals surface area contributed by atoms with Crippen LogP contribution in [0.2, 0.25) is 0 Å². The number of benzene rings is 2. The Balaban J connectivity index is 1.39. The predicted molar refractivity (Wildman–Crippen MR) is 96.5 cm³/mol. The lowest BCUT2D eigenvalue weighted by molar-refractivity contribution is -0.136. The molecule has 3 aromatic rings. The van der Waals surface area contributed by atoms with E-state index in [0.29, 0.717) is 13.1 Å². The van der Waals surface area contributed by atoms with E-state index in [1.807, 2.05) is 30.3 Å². The SMILES string of the molecule is O=C(Nc1ccccc1C(F)(F)F)N1CC(n2cc(-c3ccccc3)nn2)C1. The molecule has 0 saturated carbocycles. The van der Waals surface area contributed by atoms with Crippen molar-refractivity contribution in [3.63, 3.8) is 0 Å². The smallest absolute Gasteiger partial charge is 0.320 e. The van der Waals surface area contributed by atoms with Gasteiger partial charge in [0.05, 0.1) is 23.5 Å². The van der Waals surface area contributed by atoms with Gasteiger partial charge in [-0.1, -0.05) is 47.7 Å². The molecule has 1 aromatic heterocycles. The fourth-order valence-corrected chi connectivity index (χ4v) is 3.02. The minimum atomic E-state index is -4.53. The number of rotatable bonds is 3. The number of alkyl halides is 3. The van der Waals surface area contributed by atoms with Crippen molar-refractivity contribution in [1.82, 2.24) is 19.9 Å². The molecule has 0 bridgehead atoms. The molecular weight excluding hydrogens is 371 g/mol. The molecule has 0 atom stereocenters. The quantitative estimate of drug-likeness (QED) is 0.737. The number of nitrogens with zero attached hydrogens (tertiary/aromatic N) is 4. The Hall–Kier alpha value is -3.36. The highest BCUT2D eigenvalue weighted by atomic mass is 19.4. The largest absolute Gasteiger partial charge is 0.418 e. The second-order valence-corrected chi connectivity index (χ2v) is 6.48. The lowest BCUT2D eigenvalue weighted by Gasteiger charge is -2.38. The maximum Gasteiger partial charge on any atom is 0.418 e. The van der Waals surface area contributed by atoms with Crippen molar-refractivity contribution in [1.29, 1.82) is 0 Å². The Kier molecular flexibility index (Phi) is 4.50. The van der Waals surface area contributed by atoms with Crippen LogP contribution in [0.1, 0.15) is 11.6 Å². The van der Waals surface area contributed by atoms with Gasteiger partial charge in [0.2, 0.25) is 0 Å². The molecule has 0 spiro atoms. The van der Waals surface area contributed by atoms with Gasteiger partial charge in [0.15, 0.2) is 0 Å². The highest BCUT2D eigenvalue weighted by Gasteiger charge is 2.36. The van der Waals surface area contributed by atoms with Gasteiger partial charge in [-0.3, -0.25) is 0 Å². The Bertz CT molecular complexity index is 980. The summed E-state index contributed by atoms with van der Waals surface area (Å²) in [5, 5.41) is 10.6. The number of para-hydroxylation sites is 1. The third-order valence-corrected chi connectivity index (χ3v) is 4.58. The van der Waals surface area contributed by atoms with Crippen LogP contribution in [-0.4, -0.2) is 39.0 Å². The predicted octanol–water partition coefficient (Wildman–Crippen LogP) is 4.05. The van der Waals surface area contributed by atoms with E-state index >= 15 is 0 Å². The standard InChI is InChI=1S/C19H16F3N5O/c20-19(21,22)15-8-4-5-9-16(15)23-18(28)26-10-14(11-26)27-12-17(24-25-27)13-6-2-1-3-7-13/h1-9,12,14H,10-11H2,(H,23,28). The first-order chi connectivity index (χ1) is 13.4. The van der Waals surface area contributed by atoms with Crippen LogP contribution in [-0.2, 0) is 6.18 Å². The zero-order chi connectivity index (χ0) is 19.7. The highest BCUT2D eigenvalue weighted by Crippen LogP contribution is 2.35. The van der Waals surface area contributed by atoms with Gasteiger partial charge >= 0.3 is 12.2 Å². The number of nitrogens with one attached hydrogen (secondary N) is 1. The molecule has 1 saturated heterocycles. The van der Waals surface area contributed by atoms with Gasteiger partial charge in [-0.2, -0.15) is 13.2 Å². The minimum Gasteiger partial charge on any atom is -0.320 e. The van der Waals surface area contributed by atoms with Gasteiger partial charge in [0.25, 0.3) is 0 Å². The number of hydrogen-bond acceptors (Lipinski definition) is 3. The van der Waals surface area contributed by atoms with E-state index in [1.54, 1.807) is 10.9 Å². The molecule has 0 aliphatic carbocycles. The first-order valence-corrected chi connectivity index (χ1v) is 8.61. The van der Waals surface area contributed by atoms with Crippen LogP contribution in [0.3, 0.4) is 0 Å². The number of likely N-dealkylation sites (tertiary alicyclic amines) is 1. The zero-order valence-corrected chi connectivity index (χ0v) is 14.6. The van der Waals surface area contributed by atoms with Crippen molar-refractivity contribution in [3.05, 3.63) is 66.4 Å². The summed E-state index contributed by atoms with van der Waals surface area (Å²) in [5.74, 6) is 0. The van der Waals surface area contributed by atoms with Gasteiger partial charge < -0.3 is 10.2 Å². The van der Waals surface area contributed by atoms with E-state index in [4.69, 9.17) is 0 Å². The lowest BCUT2D eigenvalue weighted by Crippen LogP contribution is -2.52. The molecular formula is C19H16F3N5O. The van der Waals surface area contributed by atoms with Crippen molar-refractivity contribution in [3.8, 4) is 11.3 Å². The number of halogens is 3.